The van der Waals surface area contributed by atoms with E-state index in [1.807, 2.05) is 55.4 Å². The van der Waals surface area contributed by atoms with Crippen molar-refractivity contribution >= 4 is 11.7 Å². The number of hydrogen-bond donors (Lipinski definition) is 1. The van der Waals surface area contributed by atoms with Crippen LogP contribution in [0.5, 0.6) is 0 Å². The number of carboxylic acid groups (broad SMARTS) is 1. The minimum atomic E-state index is -0.875. The number of carbonyl (C=O) groups is 1. The number of anilines is 1. The molecule has 0 saturated carbocycles. The van der Waals surface area contributed by atoms with E-state index in [9.17, 15) is 4.79 Å². The van der Waals surface area contributed by atoms with E-state index in [2.05, 4.69) is 0 Å². The molecular formula is C16H17NO2. The van der Waals surface area contributed by atoms with Crippen molar-refractivity contribution in [2.24, 2.45) is 0 Å². The summed E-state index contributed by atoms with van der Waals surface area (Å²) in [6, 6.07) is 15.3. The Bertz CT molecular complexity index is 574. The molecule has 0 bridgehead atoms. The quantitative estimate of drug-likeness (QED) is 0.912. The zero-order valence-electron chi connectivity index (χ0n) is 11.1. The molecule has 2 rings (SSSR count). The molecule has 0 aliphatic rings. The maximum atomic E-state index is 11.1. The lowest BCUT2D eigenvalue weighted by atomic mass is 9.99. The largest absolute Gasteiger partial charge is 0.478 e. The highest BCUT2D eigenvalue weighted by Gasteiger charge is 2.09. The molecule has 0 saturated heterocycles. The van der Waals surface area contributed by atoms with Gasteiger partial charge in [0, 0.05) is 19.8 Å². The smallest absolute Gasteiger partial charge is 0.335 e. The minimum Gasteiger partial charge on any atom is -0.478 e. The molecule has 3 heteroatoms. The first-order chi connectivity index (χ1) is 9.08. The lowest BCUT2D eigenvalue weighted by Crippen LogP contribution is -2.08. The van der Waals surface area contributed by atoms with Crippen molar-refractivity contribution in [1.82, 2.24) is 0 Å². The van der Waals surface area contributed by atoms with Crippen molar-refractivity contribution in [3.8, 4) is 0 Å². The van der Waals surface area contributed by atoms with Crippen LogP contribution in [0.4, 0.5) is 5.69 Å². The Kier molecular flexibility index (Phi) is 3.85. The highest BCUT2D eigenvalue weighted by atomic mass is 16.4. The molecule has 1 N–H and O–H groups in total. The predicted octanol–water partition coefficient (Wildman–Crippen LogP) is 3.04. The van der Waals surface area contributed by atoms with Gasteiger partial charge < -0.3 is 10.0 Å². The summed E-state index contributed by atoms with van der Waals surface area (Å²) in [6.07, 6.45) is 0.635. The Hall–Kier alpha value is -2.29. The van der Waals surface area contributed by atoms with Gasteiger partial charge in [-0.05, 0) is 35.7 Å². The Morgan fingerprint density at radius 2 is 1.68 bits per heavy atom. The maximum Gasteiger partial charge on any atom is 0.335 e. The second kappa shape index (κ2) is 5.57. The molecule has 2 aromatic rings. The zero-order chi connectivity index (χ0) is 13.8. The highest BCUT2D eigenvalue weighted by molar-refractivity contribution is 5.89. The van der Waals surface area contributed by atoms with E-state index in [0.29, 0.717) is 12.0 Å². The summed E-state index contributed by atoms with van der Waals surface area (Å²) in [4.78, 5) is 13.2. The minimum absolute atomic E-state index is 0.374. The van der Waals surface area contributed by atoms with E-state index in [-0.39, 0.29) is 0 Å². The van der Waals surface area contributed by atoms with Crippen molar-refractivity contribution in [2.75, 3.05) is 19.0 Å². The topological polar surface area (TPSA) is 40.5 Å². The summed E-state index contributed by atoms with van der Waals surface area (Å²) in [7, 11) is 3.99. The molecule has 0 spiro atoms. The predicted molar refractivity (Wildman–Crippen MR) is 77.0 cm³/mol. The van der Waals surface area contributed by atoms with E-state index in [1.54, 1.807) is 12.1 Å². The number of rotatable bonds is 4. The third-order valence-corrected chi connectivity index (χ3v) is 3.10. The van der Waals surface area contributed by atoms with Crippen molar-refractivity contribution in [3.05, 3.63) is 65.2 Å². The summed E-state index contributed by atoms with van der Waals surface area (Å²) in [6.45, 7) is 0. The van der Waals surface area contributed by atoms with Crippen molar-refractivity contribution < 1.29 is 9.90 Å². The maximum absolute atomic E-state index is 11.1. The number of carboxylic acids is 1. The average molecular weight is 255 g/mol. The van der Waals surface area contributed by atoms with Crippen LogP contribution in [0.3, 0.4) is 0 Å². The fourth-order valence-corrected chi connectivity index (χ4v) is 2.01. The van der Waals surface area contributed by atoms with Gasteiger partial charge in [-0.15, -0.1) is 0 Å². The average Bonchev–Trinajstić information content (AvgIpc) is 2.39. The second-order valence-electron chi connectivity index (χ2n) is 4.70. The lowest BCUT2D eigenvalue weighted by molar-refractivity contribution is 0.0696. The third kappa shape index (κ3) is 3.13. The summed E-state index contributed by atoms with van der Waals surface area (Å²) in [5.41, 5.74) is 3.46. The van der Waals surface area contributed by atoms with Crippen molar-refractivity contribution in [3.63, 3.8) is 0 Å². The monoisotopic (exact) mass is 255 g/mol. The van der Waals surface area contributed by atoms with Crippen LogP contribution in [-0.2, 0) is 6.42 Å². The zero-order valence-corrected chi connectivity index (χ0v) is 11.1. The van der Waals surface area contributed by atoms with Gasteiger partial charge in [-0.25, -0.2) is 4.79 Å². The van der Waals surface area contributed by atoms with Gasteiger partial charge in [0.15, 0.2) is 0 Å². The lowest BCUT2D eigenvalue weighted by Gasteiger charge is -2.13. The van der Waals surface area contributed by atoms with Crippen LogP contribution in [-0.4, -0.2) is 25.2 Å². The molecule has 0 aliphatic heterocycles. The van der Waals surface area contributed by atoms with Crippen LogP contribution >= 0.6 is 0 Å². The van der Waals surface area contributed by atoms with Gasteiger partial charge in [0.1, 0.15) is 0 Å². The van der Waals surface area contributed by atoms with E-state index in [1.165, 1.54) is 0 Å². The summed E-state index contributed by atoms with van der Waals surface area (Å²) in [5, 5.41) is 9.15. The fourth-order valence-electron chi connectivity index (χ4n) is 2.01. The Balaban J connectivity index is 2.24. The summed E-state index contributed by atoms with van der Waals surface area (Å²) in [5.74, 6) is -0.875. The van der Waals surface area contributed by atoms with Crippen LogP contribution in [0.25, 0.3) is 0 Å². The molecule has 0 aromatic heterocycles. The van der Waals surface area contributed by atoms with Gasteiger partial charge in [-0.2, -0.15) is 0 Å². The Morgan fingerprint density at radius 3 is 2.26 bits per heavy atom. The molecule has 0 amide bonds. The highest BCUT2D eigenvalue weighted by Crippen LogP contribution is 2.17. The van der Waals surface area contributed by atoms with E-state index in [4.69, 9.17) is 5.11 Å². The fraction of sp³-hybridized carbons (Fsp3) is 0.188. The van der Waals surface area contributed by atoms with Crippen LogP contribution in [0.15, 0.2) is 48.5 Å². The first kappa shape index (κ1) is 13.1. The van der Waals surface area contributed by atoms with Crippen LogP contribution in [0.1, 0.15) is 21.5 Å². The third-order valence-electron chi connectivity index (χ3n) is 3.10. The summed E-state index contributed by atoms with van der Waals surface area (Å²) >= 11 is 0. The van der Waals surface area contributed by atoms with Crippen LogP contribution in [0.2, 0.25) is 0 Å². The SMILES string of the molecule is CN(C)c1ccc(Cc2ccccc2C(=O)O)cc1. The van der Waals surface area contributed by atoms with Gasteiger partial charge in [0.2, 0.25) is 0 Å². The number of aromatic carboxylic acids is 1. The molecule has 3 nitrogen and oxygen atoms in total. The van der Waals surface area contributed by atoms with E-state index in [0.717, 1.165) is 16.8 Å². The standard InChI is InChI=1S/C16H17NO2/c1-17(2)14-9-7-12(8-10-14)11-13-5-3-4-6-15(13)16(18)19/h3-10H,11H2,1-2H3,(H,18,19). The Labute approximate surface area is 113 Å². The van der Waals surface area contributed by atoms with Gasteiger partial charge in [0.05, 0.1) is 5.56 Å². The molecule has 2 aromatic carbocycles. The number of nitrogens with zero attached hydrogens (tertiary/aromatic N) is 1. The van der Waals surface area contributed by atoms with Crippen LogP contribution < -0.4 is 4.90 Å². The first-order valence-electron chi connectivity index (χ1n) is 6.15. The second-order valence-corrected chi connectivity index (χ2v) is 4.70. The van der Waals surface area contributed by atoms with Gasteiger partial charge in [-0.1, -0.05) is 30.3 Å². The molecule has 0 fully saturated rings. The van der Waals surface area contributed by atoms with Crippen LogP contribution in [0, 0.1) is 0 Å². The van der Waals surface area contributed by atoms with Gasteiger partial charge in [-0.3, -0.25) is 0 Å². The molecular weight excluding hydrogens is 238 g/mol. The number of benzene rings is 2. The Morgan fingerprint density at radius 1 is 1.05 bits per heavy atom. The molecule has 0 atom stereocenters. The van der Waals surface area contributed by atoms with Gasteiger partial charge in [0.25, 0.3) is 0 Å². The molecule has 19 heavy (non-hydrogen) atoms. The first-order valence-corrected chi connectivity index (χ1v) is 6.15. The molecule has 0 heterocycles. The normalized spacial score (nSPS) is 10.2. The van der Waals surface area contributed by atoms with Crippen molar-refractivity contribution in [2.45, 2.75) is 6.42 Å². The van der Waals surface area contributed by atoms with E-state index < -0.39 is 5.97 Å². The molecule has 98 valence electrons. The van der Waals surface area contributed by atoms with E-state index >= 15 is 0 Å². The van der Waals surface area contributed by atoms with Gasteiger partial charge >= 0.3 is 5.97 Å². The molecule has 0 radical (unpaired) electrons. The number of hydrogen-bond acceptors (Lipinski definition) is 2. The van der Waals surface area contributed by atoms with Crippen molar-refractivity contribution in [1.29, 1.82) is 0 Å². The molecule has 0 unspecified atom stereocenters. The molecule has 0 aliphatic carbocycles. The summed E-state index contributed by atoms with van der Waals surface area (Å²) < 4.78 is 0.